The van der Waals surface area contributed by atoms with E-state index in [-0.39, 0.29) is 0 Å². The summed E-state index contributed by atoms with van der Waals surface area (Å²) in [4.78, 5) is 11.6. The lowest BCUT2D eigenvalue weighted by atomic mass is 10.1. The zero-order chi connectivity index (χ0) is 25.2. The first kappa shape index (κ1) is 24.5. The average Bonchev–Trinajstić information content (AvgIpc) is 3.36. The van der Waals surface area contributed by atoms with Gasteiger partial charge in [0.2, 0.25) is 5.95 Å². The summed E-state index contributed by atoms with van der Waals surface area (Å²) < 4.78 is 21.2. The van der Waals surface area contributed by atoms with Gasteiger partial charge in [-0.05, 0) is 55.8 Å². The summed E-state index contributed by atoms with van der Waals surface area (Å²) in [5, 5.41) is 9.00. The van der Waals surface area contributed by atoms with Gasteiger partial charge in [-0.15, -0.1) is 0 Å². The number of rotatable bonds is 6. The van der Waals surface area contributed by atoms with Crippen LogP contribution in [0.1, 0.15) is 38.3 Å². The lowest BCUT2D eigenvalue weighted by Gasteiger charge is -2.24. The van der Waals surface area contributed by atoms with Crippen molar-refractivity contribution in [3.8, 4) is 5.75 Å². The monoisotopic (exact) mass is 533 g/mol. The summed E-state index contributed by atoms with van der Waals surface area (Å²) in [5.74, 6) is 3.05. The highest BCUT2D eigenvalue weighted by Gasteiger charge is 2.24. The second-order valence-corrected chi connectivity index (χ2v) is 12.3. The molecule has 2 unspecified atom stereocenters. The Morgan fingerprint density at radius 3 is 2.86 bits per heavy atom. The van der Waals surface area contributed by atoms with Gasteiger partial charge in [0.1, 0.15) is 22.5 Å². The van der Waals surface area contributed by atoms with Crippen LogP contribution in [0, 0.1) is 0 Å². The summed E-state index contributed by atoms with van der Waals surface area (Å²) >= 11 is 1.69. The van der Waals surface area contributed by atoms with Crippen molar-refractivity contribution >= 4 is 50.1 Å². The summed E-state index contributed by atoms with van der Waals surface area (Å²) in [6, 6.07) is 14.6. The lowest BCUT2D eigenvalue weighted by molar-refractivity contribution is 0.424. The fourth-order valence-electron chi connectivity index (χ4n) is 5.05. The molecule has 0 bridgehead atoms. The third-order valence-electron chi connectivity index (χ3n) is 6.90. The van der Waals surface area contributed by atoms with Gasteiger partial charge in [0.15, 0.2) is 0 Å². The van der Waals surface area contributed by atoms with Gasteiger partial charge >= 0.3 is 0 Å². The summed E-state index contributed by atoms with van der Waals surface area (Å²) in [5.41, 5.74) is 1.87. The molecule has 3 aliphatic rings. The van der Waals surface area contributed by atoms with Crippen molar-refractivity contribution in [2.45, 2.75) is 38.6 Å². The first-order chi connectivity index (χ1) is 18.2. The molecule has 0 amide bonds. The normalized spacial score (nSPS) is 22.3. The number of benzene rings is 2. The minimum absolute atomic E-state index is 0.337. The van der Waals surface area contributed by atoms with Crippen LogP contribution in [0.4, 0.5) is 11.6 Å². The van der Waals surface area contributed by atoms with Gasteiger partial charge in [0, 0.05) is 48.3 Å². The molecule has 0 saturated carbocycles. The fraction of sp³-hybridized carbons (Fsp3) is 0.357. The topological polar surface area (TPSA) is 79.4 Å². The molecule has 7 nitrogen and oxygen atoms in total. The zero-order valence-corrected chi connectivity index (χ0v) is 22.5. The number of piperidine rings is 1. The van der Waals surface area contributed by atoms with Gasteiger partial charge < -0.3 is 15.4 Å². The molecule has 37 heavy (non-hydrogen) atoms. The van der Waals surface area contributed by atoms with E-state index in [1.54, 1.807) is 11.8 Å². The highest BCUT2D eigenvalue weighted by molar-refractivity contribution is 8.11. The van der Waals surface area contributed by atoms with E-state index in [1.807, 2.05) is 40.8 Å². The molecule has 2 fully saturated rings. The van der Waals surface area contributed by atoms with Crippen LogP contribution in [0.25, 0.3) is 15.7 Å². The van der Waals surface area contributed by atoms with Gasteiger partial charge in [-0.1, -0.05) is 42.1 Å². The number of allylic oxidation sites excluding steroid dienone is 2. The standard InChI is InChI=1S/C28H31N5O2S2/c1-19-9-11-26(27(36-19)23-13-15-30-28(32-23)31-20-6-4-14-29-18-20)35-25-12-10-24(33-16-5-17-37(33)34)21-7-2-3-8-22(21)25/h2-3,7-10,12-13,15,20,29H,4-6,11,14,16-18H2,1H3,(H,30,31,32). The second kappa shape index (κ2) is 10.8. The van der Waals surface area contributed by atoms with Crippen LogP contribution in [0.2, 0.25) is 0 Å². The Hall–Kier alpha value is -2.88. The third-order valence-corrected chi connectivity index (χ3v) is 9.54. The number of ether oxygens (including phenoxy) is 1. The molecule has 6 rings (SSSR count). The number of hydrogen-bond donors (Lipinski definition) is 2. The van der Waals surface area contributed by atoms with Crippen molar-refractivity contribution < 1.29 is 8.95 Å². The third kappa shape index (κ3) is 5.26. The van der Waals surface area contributed by atoms with E-state index in [4.69, 9.17) is 9.72 Å². The van der Waals surface area contributed by atoms with Crippen LogP contribution < -0.4 is 19.7 Å². The van der Waals surface area contributed by atoms with Crippen LogP contribution in [0.3, 0.4) is 0 Å². The molecule has 3 aliphatic heterocycles. The van der Waals surface area contributed by atoms with E-state index in [1.165, 1.54) is 4.91 Å². The number of hydrogen-bond acceptors (Lipinski definition) is 7. The van der Waals surface area contributed by atoms with E-state index < -0.39 is 11.0 Å². The molecule has 0 spiro atoms. The van der Waals surface area contributed by atoms with E-state index in [0.29, 0.717) is 18.4 Å². The molecule has 9 heteroatoms. The van der Waals surface area contributed by atoms with Crippen molar-refractivity contribution in [2.24, 2.45) is 0 Å². The molecule has 2 saturated heterocycles. The van der Waals surface area contributed by atoms with Crippen LogP contribution in [-0.2, 0) is 11.0 Å². The number of anilines is 2. The maximum atomic E-state index is 12.6. The van der Waals surface area contributed by atoms with Crippen LogP contribution in [-0.4, -0.2) is 45.6 Å². The van der Waals surface area contributed by atoms with Crippen LogP contribution >= 0.6 is 11.8 Å². The molecular formula is C28H31N5O2S2. The van der Waals surface area contributed by atoms with Gasteiger partial charge in [-0.2, -0.15) is 0 Å². The minimum Gasteiger partial charge on any atom is -0.459 e. The SMILES string of the molecule is CC1=CCC(Oc2ccc(N3CCCS3=O)c3ccccc23)=C(c2ccnc(NC3CCCNC3)n2)S1. The molecule has 0 aliphatic carbocycles. The number of thioether (sulfide) groups is 1. The Balaban J connectivity index is 1.34. The average molecular weight is 534 g/mol. The predicted octanol–water partition coefficient (Wildman–Crippen LogP) is 5.46. The molecule has 192 valence electrons. The maximum Gasteiger partial charge on any atom is 0.223 e. The molecule has 4 heterocycles. The smallest absolute Gasteiger partial charge is 0.223 e. The number of fused-ring (bicyclic) bond motifs is 1. The minimum atomic E-state index is -0.973. The molecule has 2 N–H and O–H groups in total. The Kier molecular flexibility index (Phi) is 7.17. The first-order valence-corrected chi connectivity index (χ1v) is 15.0. The first-order valence-electron chi connectivity index (χ1n) is 12.9. The lowest BCUT2D eigenvalue weighted by Crippen LogP contribution is -2.38. The van der Waals surface area contributed by atoms with E-state index in [9.17, 15) is 4.21 Å². The Morgan fingerprint density at radius 1 is 1.16 bits per heavy atom. The maximum absolute atomic E-state index is 12.6. The van der Waals surface area contributed by atoms with E-state index in [2.05, 4.69) is 40.8 Å². The fourth-order valence-corrected chi connectivity index (χ4v) is 7.31. The van der Waals surface area contributed by atoms with Crippen molar-refractivity contribution in [3.63, 3.8) is 0 Å². The number of nitrogens with zero attached hydrogens (tertiary/aromatic N) is 3. The summed E-state index contributed by atoms with van der Waals surface area (Å²) in [7, 11) is -0.973. The van der Waals surface area contributed by atoms with Crippen molar-refractivity contribution in [3.05, 3.63) is 71.1 Å². The van der Waals surface area contributed by atoms with E-state index >= 15 is 0 Å². The predicted molar refractivity (Wildman–Crippen MR) is 154 cm³/mol. The summed E-state index contributed by atoms with van der Waals surface area (Å²) in [6.07, 6.45) is 7.93. The van der Waals surface area contributed by atoms with Gasteiger partial charge in [-0.25, -0.2) is 14.2 Å². The van der Waals surface area contributed by atoms with Crippen LogP contribution in [0.5, 0.6) is 5.75 Å². The molecule has 1 aromatic heterocycles. The van der Waals surface area contributed by atoms with Gasteiger partial charge in [-0.3, -0.25) is 4.31 Å². The largest absolute Gasteiger partial charge is 0.459 e. The second-order valence-electron chi connectivity index (χ2n) is 9.54. The van der Waals surface area contributed by atoms with Crippen molar-refractivity contribution in [2.75, 3.05) is 35.0 Å². The number of aromatic nitrogens is 2. The highest BCUT2D eigenvalue weighted by Crippen LogP contribution is 2.43. The molecular weight excluding hydrogens is 502 g/mol. The molecule has 2 atom stereocenters. The Bertz CT molecular complexity index is 1400. The van der Waals surface area contributed by atoms with Crippen molar-refractivity contribution in [1.82, 2.24) is 15.3 Å². The highest BCUT2D eigenvalue weighted by atomic mass is 32.2. The molecule has 0 radical (unpaired) electrons. The van der Waals surface area contributed by atoms with Crippen LogP contribution in [0.15, 0.2) is 65.4 Å². The van der Waals surface area contributed by atoms with Gasteiger partial charge in [0.25, 0.3) is 0 Å². The Labute approximate surface area is 224 Å². The van der Waals surface area contributed by atoms with Crippen molar-refractivity contribution in [1.29, 1.82) is 0 Å². The quantitative estimate of drug-likeness (QED) is 0.436. The number of nitrogens with one attached hydrogen (secondary N) is 2. The molecule has 3 aromatic rings. The summed E-state index contributed by atoms with van der Waals surface area (Å²) in [6.45, 7) is 4.93. The molecule has 2 aromatic carbocycles. The van der Waals surface area contributed by atoms with Gasteiger partial charge in [0.05, 0.1) is 16.3 Å². The van der Waals surface area contributed by atoms with E-state index in [0.717, 1.165) is 83.2 Å². The zero-order valence-electron chi connectivity index (χ0n) is 20.9. The Morgan fingerprint density at radius 2 is 2.05 bits per heavy atom.